The van der Waals surface area contributed by atoms with Gasteiger partial charge in [0.25, 0.3) is 5.89 Å². The summed E-state index contributed by atoms with van der Waals surface area (Å²) in [6.45, 7) is 7.80. The van der Waals surface area contributed by atoms with Gasteiger partial charge in [-0.2, -0.15) is 4.98 Å². The van der Waals surface area contributed by atoms with Crippen molar-refractivity contribution < 1.29 is 14.1 Å². The minimum atomic E-state index is -0.313. The zero-order chi connectivity index (χ0) is 17.7. The molecule has 2 aromatic heterocycles. The Morgan fingerprint density at radius 2 is 1.88 bits per heavy atom. The smallest absolute Gasteiger partial charge is 0.306 e. The number of thioether (sulfide) groups is 1. The Morgan fingerprint density at radius 3 is 2.42 bits per heavy atom. The predicted molar refractivity (Wildman–Crippen MR) is 89.8 cm³/mol. The van der Waals surface area contributed by atoms with Gasteiger partial charge < -0.3 is 9.26 Å². The fraction of sp³-hybridized carbons (Fsp3) is 0.562. The van der Waals surface area contributed by atoms with Gasteiger partial charge >= 0.3 is 5.97 Å². The fourth-order valence-electron chi connectivity index (χ4n) is 2.16. The van der Waals surface area contributed by atoms with E-state index < -0.39 is 0 Å². The van der Waals surface area contributed by atoms with Gasteiger partial charge in [-0.1, -0.05) is 30.8 Å². The SMILES string of the molecule is CSc1nc(C)c(CCC(=O)OCc2nc(C(C)C)no2)c(C)n1. The van der Waals surface area contributed by atoms with Gasteiger partial charge in [-0.15, -0.1) is 0 Å². The first kappa shape index (κ1) is 18.4. The topological polar surface area (TPSA) is 91.0 Å². The summed E-state index contributed by atoms with van der Waals surface area (Å²) in [5.74, 6) is 0.783. The van der Waals surface area contributed by atoms with Gasteiger partial charge in [-0.05, 0) is 32.1 Å². The van der Waals surface area contributed by atoms with Crippen molar-refractivity contribution in [3.8, 4) is 0 Å². The zero-order valence-corrected chi connectivity index (χ0v) is 15.4. The third-order valence-electron chi connectivity index (χ3n) is 3.52. The number of hydrogen-bond donors (Lipinski definition) is 0. The summed E-state index contributed by atoms with van der Waals surface area (Å²) in [6.07, 6.45) is 2.74. The van der Waals surface area contributed by atoms with E-state index in [1.807, 2.05) is 34.0 Å². The molecule has 0 bridgehead atoms. The number of aromatic nitrogens is 4. The lowest BCUT2D eigenvalue weighted by molar-refractivity contribution is -0.145. The number of nitrogens with zero attached hydrogens (tertiary/aromatic N) is 4. The summed E-state index contributed by atoms with van der Waals surface area (Å²) < 4.78 is 10.2. The van der Waals surface area contributed by atoms with E-state index >= 15 is 0 Å². The van der Waals surface area contributed by atoms with Crippen molar-refractivity contribution in [3.05, 3.63) is 28.7 Å². The number of rotatable bonds is 7. The molecule has 130 valence electrons. The highest BCUT2D eigenvalue weighted by atomic mass is 32.2. The largest absolute Gasteiger partial charge is 0.456 e. The first-order valence-electron chi connectivity index (χ1n) is 7.77. The van der Waals surface area contributed by atoms with Crippen LogP contribution in [0.5, 0.6) is 0 Å². The monoisotopic (exact) mass is 350 g/mol. The van der Waals surface area contributed by atoms with Crippen molar-refractivity contribution in [2.45, 2.75) is 58.2 Å². The van der Waals surface area contributed by atoms with Gasteiger partial charge in [0.05, 0.1) is 0 Å². The van der Waals surface area contributed by atoms with E-state index in [1.54, 1.807) is 0 Å². The summed E-state index contributed by atoms with van der Waals surface area (Å²) in [5.41, 5.74) is 2.79. The molecule has 0 aromatic carbocycles. The van der Waals surface area contributed by atoms with Crippen LogP contribution in [0.25, 0.3) is 0 Å². The number of esters is 1. The minimum absolute atomic E-state index is 0.00156. The standard InChI is InChI=1S/C16H22N4O3S/c1-9(2)15-19-13(23-20-15)8-22-14(21)7-6-12-10(3)17-16(24-5)18-11(12)4/h9H,6-8H2,1-5H3. The van der Waals surface area contributed by atoms with Gasteiger partial charge in [0.2, 0.25) is 0 Å². The Labute approximate surface area is 145 Å². The van der Waals surface area contributed by atoms with Crippen LogP contribution in [0, 0.1) is 13.8 Å². The van der Waals surface area contributed by atoms with Crippen LogP contribution in [0.3, 0.4) is 0 Å². The average molecular weight is 350 g/mol. The van der Waals surface area contributed by atoms with E-state index in [2.05, 4.69) is 20.1 Å². The van der Waals surface area contributed by atoms with Crippen molar-refractivity contribution >= 4 is 17.7 Å². The van der Waals surface area contributed by atoms with Crippen LogP contribution in [0.15, 0.2) is 9.68 Å². The third-order valence-corrected chi connectivity index (χ3v) is 4.07. The second kappa shape index (κ2) is 8.23. The number of ether oxygens (including phenoxy) is 1. The van der Waals surface area contributed by atoms with Crippen LogP contribution in [0.4, 0.5) is 0 Å². The van der Waals surface area contributed by atoms with E-state index in [1.165, 1.54) is 11.8 Å². The molecule has 0 radical (unpaired) electrons. The van der Waals surface area contributed by atoms with Crippen LogP contribution in [-0.4, -0.2) is 32.3 Å². The molecule has 0 saturated heterocycles. The second-order valence-corrected chi connectivity index (χ2v) is 6.49. The van der Waals surface area contributed by atoms with Crippen molar-refractivity contribution in [1.82, 2.24) is 20.1 Å². The summed E-state index contributed by atoms with van der Waals surface area (Å²) in [7, 11) is 0. The van der Waals surface area contributed by atoms with Crippen molar-refractivity contribution in [3.63, 3.8) is 0 Å². The van der Waals surface area contributed by atoms with Gasteiger partial charge in [0, 0.05) is 23.7 Å². The maximum atomic E-state index is 11.9. The Hall–Kier alpha value is -1.96. The molecular weight excluding hydrogens is 328 g/mol. The van der Waals surface area contributed by atoms with E-state index in [-0.39, 0.29) is 24.9 Å². The van der Waals surface area contributed by atoms with Crippen LogP contribution >= 0.6 is 11.8 Å². The molecular formula is C16H22N4O3S. The normalized spacial score (nSPS) is 11.1. The lowest BCUT2D eigenvalue weighted by Gasteiger charge is -2.09. The predicted octanol–water partition coefficient (Wildman–Crippen LogP) is 3.00. The minimum Gasteiger partial charge on any atom is -0.456 e. The first-order valence-corrected chi connectivity index (χ1v) is 8.99. The lowest BCUT2D eigenvalue weighted by atomic mass is 10.1. The van der Waals surface area contributed by atoms with Gasteiger partial charge in [0.1, 0.15) is 0 Å². The van der Waals surface area contributed by atoms with Crippen LogP contribution in [0.2, 0.25) is 0 Å². The molecule has 0 aliphatic heterocycles. The van der Waals surface area contributed by atoms with Gasteiger partial charge in [-0.3, -0.25) is 4.79 Å². The summed E-state index contributed by atoms with van der Waals surface area (Å²) in [5, 5.41) is 4.57. The quantitative estimate of drug-likeness (QED) is 0.427. The second-order valence-electron chi connectivity index (χ2n) is 5.72. The molecule has 0 amide bonds. The zero-order valence-electron chi connectivity index (χ0n) is 14.6. The summed E-state index contributed by atoms with van der Waals surface area (Å²) >= 11 is 1.50. The van der Waals surface area contributed by atoms with Crippen molar-refractivity contribution in [1.29, 1.82) is 0 Å². The third kappa shape index (κ3) is 4.77. The lowest BCUT2D eigenvalue weighted by Crippen LogP contribution is -2.09. The van der Waals surface area contributed by atoms with Crippen molar-refractivity contribution in [2.24, 2.45) is 0 Å². The first-order chi connectivity index (χ1) is 11.4. The highest BCUT2D eigenvalue weighted by Gasteiger charge is 2.14. The Balaban J connectivity index is 1.87. The molecule has 0 fully saturated rings. The number of carbonyl (C=O) groups excluding carboxylic acids is 1. The molecule has 24 heavy (non-hydrogen) atoms. The molecule has 2 aromatic rings. The molecule has 0 unspecified atom stereocenters. The summed E-state index contributed by atoms with van der Waals surface area (Å²) in [6, 6.07) is 0. The highest BCUT2D eigenvalue weighted by molar-refractivity contribution is 7.98. The number of aryl methyl sites for hydroxylation is 2. The average Bonchev–Trinajstić information content (AvgIpc) is 3.01. The Kier molecular flexibility index (Phi) is 6.30. The van der Waals surface area contributed by atoms with Crippen molar-refractivity contribution in [2.75, 3.05) is 6.26 Å². The van der Waals surface area contributed by atoms with Crippen LogP contribution in [0.1, 0.15) is 54.9 Å². The van der Waals surface area contributed by atoms with Crippen LogP contribution in [-0.2, 0) is 22.6 Å². The highest BCUT2D eigenvalue weighted by Crippen LogP contribution is 2.17. The molecule has 0 N–H and O–H groups in total. The Bertz CT molecular complexity index is 692. The molecule has 2 heterocycles. The van der Waals surface area contributed by atoms with E-state index in [0.29, 0.717) is 18.1 Å². The molecule has 2 rings (SSSR count). The maximum Gasteiger partial charge on any atom is 0.306 e. The fourth-order valence-corrected chi connectivity index (χ4v) is 2.62. The maximum absolute atomic E-state index is 11.9. The summed E-state index contributed by atoms with van der Waals surface area (Å²) in [4.78, 5) is 24.9. The van der Waals surface area contributed by atoms with E-state index in [0.717, 1.165) is 22.1 Å². The van der Waals surface area contributed by atoms with E-state index in [9.17, 15) is 4.79 Å². The number of hydrogen-bond acceptors (Lipinski definition) is 8. The van der Waals surface area contributed by atoms with Crippen LogP contribution < -0.4 is 0 Å². The van der Waals surface area contributed by atoms with Gasteiger partial charge in [-0.25, -0.2) is 9.97 Å². The molecule has 7 nitrogen and oxygen atoms in total. The molecule has 0 saturated carbocycles. The van der Waals surface area contributed by atoms with E-state index in [4.69, 9.17) is 9.26 Å². The molecule has 0 aliphatic carbocycles. The molecule has 8 heteroatoms. The molecule has 0 spiro atoms. The molecule has 0 atom stereocenters. The van der Waals surface area contributed by atoms with Gasteiger partial charge in [0.15, 0.2) is 17.6 Å². The molecule has 0 aliphatic rings. The number of carbonyl (C=O) groups is 1. The Morgan fingerprint density at radius 1 is 1.21 bits per heavy atom.